The van der Waals surface area contributed by atoms with E-state index in [0.29, 0.717) is 0 Å². The van der Waals surface area contributed by atoms with Crippen molar-refractivity contribution in [2.75, 3.05) is 5.32 Å². The number of phenols is 1. The lowest BCUT2D eigenvalue weighted by Crippen LogP contribution is -2.12. The van der Waals surface area contributed by atoms with Crippen LogP contribution in [0.15, 0.2) is 30.5 Å². The number of rotatable bonds is 4. The Hall–Kier alpha value is -3.43. The zero-order chi connectivity index (χ0) is 15.6. The van der Waals surface area contributed by atoms with Crippen LogP contribution >= 0.6 is 0 Å². The van der Waals surface area contributed by atoms with Gasteiger partial charge in [-0.3, -0.25) is 25.0 Å². The molecule has 0 aliphatic rings. The van der Waals surface area contributed by atoms with Crippen LogP contribution in [-0.4, -0.2) is 25.8 Å². The predicted octanol–water partition coefficient (Wildman–Crippen LogP) is 1.79. The number of nitrogens with one attached hydrogen (secondary N) is 2. The first kappa shape index (κ1) is 14.0. The fraction of sp³-hybridized carbons (Fsp3) is 0. The zero-order valence-electron chi connectivity index (χ0n) is 10.3. The number of benzene rings is 1. The highest BCUT2D eigenvalue weighted by Crippen LogP contribution is 2.28. The number of carbonyl (C=O) groups is 1. The summed E-state index contributed by atoms with van der Waals surface area (Å²) in [5.74, 6) is -1.22. The van der Waals surface area contributed by atoms with Crippen LogP contribution < -0.4 is 5.32 Å². The molecule has 2 aromatic rings. The highest BCUT2D eigenvalue weighted by atomic mass is 16.6. The molecule has 1 heterocycles. The molecular formula is C11H8N4O6. The maximum Gasteiger partial charge on any atom is 0.287 e. The van der Waals surface area contributed by atoms with E-state index in [1.54, 1.807) is 0 Å². The Bertz CT molecular complexity index is 738. The molecule has 1 aromatic carbocycles. The van der Waals surface area contributed by atoms with Gasteiger partial charge in [0.25, 0.3) is 17.3 Å². The van der Waals surface area contributed by atoms with E-state index < -0.39 is 21.5 Å². The minimum atomic E-state index is -0.729. The number of amides is 1. The Morgan fingerprint density at radius 3 is 2.33 bits per heavy atom. The third kappa shape index (κ3) is 2.94. The van der Waals surface area contributed by atoms with E-state index in [9.17, 15) is 30.1 Å². The van der Waals surface area contributed by atoms with Crippen LogP contribution in [0.3, 0.4) is 0 Å². The van der Waals surface area contributed by atoms with E-state index in [0.717, 1.165) is 30.5 Å². The molecule has 0 saturated heterocycles. The number of hydrogen-bond donors (Lipinski definition) is 3. The van der Waals surface area contributed by atoms with E-state index in [1.165, 1.54) is 0 Å². The highest BCUT2D eigenvalue weighted by molar-refractivity contribution is 6.04. The minimum Gasteiger partial charge on any atom is -0.506 e. The fourth-order valence-electron chi connectivity index (χ4n) is 1.55. The molecule has 1 aromatic heterocycles. The lowest BCUT2D eigenvalue weighted by atomic mass is 10.2. The summed E-state index contributed by atoms with van der Waals surface area (Å²) in [7, 11) is 0. The van der Waals surface area contributed by atoms with Crippen molar-refractivity contribution in [2.45, 2.75) is 0 Å². The number of anilines is 1. The number of carbonyl (C=O) groups excluding carboxylic acids is 1. The van der Waals surface area contributed by atoms with Crippen LogP contribution in [0.1, 0.15) is 10.5 Å². The van der Waals surface area contributed by atoms with E-state index >= 15 is 0 Å². The van der Waals surface area contributed by atoms with Crippen molar-refractivity contribution < 1.29 is 19.7 Å². The number of nitro groups is 2. The Balaban J connectivity index is 2.19. The van der Waals surface area contributed by atoms with Gasteiger partial charge in [0.05, 0.1) is 27.8 Å². The SMILES string of the molecule is O=C(Nc1ccc([N+](=O)[O-])cc1O)c1cc([N+](=O)[O-])c[nH]1. The lowest BCUT2D eigenvalue weighted by molar-refractivity contribution is -0.385. The van der Waals surface area contributed by atoms with Crippen LogP contribution in [0, 0.1) is 20.2 Å². The first-order valence-corrected chi connectivity index (χ1v) is 5.50. The molecule has 0 aliphatic heterocycles. The second-order valence-electron chi connectivity index (χ2n) is 3.94. The fourth-order valence-corrected chi connectivity index (χ4v) is 1.55. The van der Waals surface area contributed by atoms with Gasteiger partial charge in [0.15, 0.2) is 0 Å². The van der Waals surface area contributed by atoms with E-state index in [4.69, 9.17) is 0 Å². The maximum atomic E-state index is 11.8. The Morgan fingerprint density at radius 2 is 1.81 bits per heavy atom. The number of aromatic amines is 1. The number of nitro benzene ring substituents is 1. The first-order valence-electron chi connectivity index (χ1n) is 5.50. The van der Waals surface area contributed by atoms with Crippen molar-refractivity contribution in [3.8, 4) is 5.75 Å². The topological polar surface area (TPSA) is 151 Å². The summed E-state index contributed by atoms with van der Waals surface area (Å²) in [5.41, 5.74) is -0.753. The number of aromatic nitrogens is 1. The standard InChI is InChI=1S/C11H8N4O6/c16-10-4-6(14(18)19)1-2-8(10)13-11(17)9-3-7(5-12-9)15(20)21/h1-5,12,16H,(H,13,17). The van der Waals surface area contributed by atoms with E-state index in [1.807, 2.05) is 0 Å². The number of hydrogen-bond acceptors (Lipinski definition) is 6. The van der Waals surface area contributed by atoms with Crippen LogP contribution in [-0.2, 0) is 0 Å². The molecule has 10 nitrogen and oxygen atoms in total. The maximum absolute atomic E-state index is 11.8. The van der Waals surface area contributed by atoms with Gasteiger partial charge in [0, 0.05) is 12.1 Å². The molecule has 0 radical (unpaired) electrons. The summed E-state index contributed by atoms with van der Waals surface area (Å²) in [6.45, 7) is 0. The Kier molecular flexibility index (Phi) is 3.52. The molecule has 0 atom stereocenters. The van der Waals surface area contributed by atoms with Crippen LogP contribution in [0.25, 0.3) is 0 Å². The summed E-state index contributed by atoms with van der Waals surface area (Å²) in [6, 6.07) is 4.17. The van der Waals surface area contributed by atoms with Crippen molar-refractivity contribution >= 4 is 23.0 Å². The number of phenolic OH excluding ortho intramolecular Hbond substituents is 1. The second-order valence-corrected chi connectivity index (χ2v) is 3.94. The summed E-state index contributed by atoms with van der Waals surface area (Å²) in [5, 5.41) is 32.9. The monoisotopic (exact) mass is 292 g/mol. The largest absolute Gasteiger partial charge is 0.506 e. The first-order chi connectivity index (χ1) is 9.88. The predicted molar refractivity (Wildman–Crippen MR) is 70.2 cm³/mol. The van der Waals surface area contributed by atoms with E-state index in [2.05, 4.69) is 10.3 Å². The minimum absolute atomic E-state index is 0.0529. The normalized spacial score (nSPS) is 10.1. The number of nitrogens with zero attached hydrogens (tertiary/aromatic N) is 2. The average Bonchev–Trinajstić information content (AvgIpc) is 2.90. The van der Waals surface area contributed by atoms with Gasteiger partial charge in [-0.1, -0.05) is 0 Å². The Morgan fingerprint density at radius 1 is 1.14 bits per heavy atom. The van der Waals surface area contributed by atoms with Crippen LogP contribution in [0.2, 0.25) is 0 Å². The third-order valence-electron chi connectivity index (χ3n) is 2.56. The number of aromatic hydroxyl groups is 1. The van der Waals surface area contributed by atoms with Gasteiger partial charge in [-0.05, 0) is 6.07 Å². The van der Waals surface area contributed by atoms with Gasteiger partial charge in [-0.2, -0.15) is 0 Å². The molecule has 0 spiro atoms. The summed E-state index contributed by atoms with van der Waals surface area (Å²) in [6.07, 6.45) is 1.05. The van der Waals surface area contributed by atoms with Gasteiger partial charge < -0.3 is 15.4 Å². The van der Waals surface area contributed by atoms with E-state index in [-0.39, 0.29) is 22.8 Å². The molecule has 108 valence electrons. The van der Waals surface area contributed by atoms with Gasteiger partial charge in [-0.25, -0.2) is 0 Å². The average molecular weight is 292 g/mol. The molecule has 10 heteroatoms. The van der Waals surface area contributed by atoms with Gasteiger partial charge >= 0.3 is 0 Å². The van der Waals surface area contributed by atoms with Gasteiger partial charge in [0.1, 0.15) is 11.4 Å². The lowest BCUT2D eigenvalue weighted by Gasteiger charge is -2.05. The van der Waals surface area contributed by atoms with Gasteiger partial charge in [-0.15, -0.1) is 0 Å². The van der Waals surface area contributed by atoms with Gasteiger partial charge in [0.2, 0.25) is 0 Å². The summed E-state index contributed by atoms with van der Waals surface area (Å²) >= 11 is 0. The summed E-state index contributed by atoms with van der Waals surface area (Å²) < 4.78 is 0. The molecule has 0 unspecified atom stereocenters. The number of non-ortho nitro benzene ring substituents is 1. The zero-order valence-corrected chi connectivity index (χ0v) is 10.3. The molecule has 1 amide bonds. The molecule has 2 rings (SSSR count). The smallest absolute Gasteiger partial charge is 0.287 e. The third-order valence-corrected chi connectivity index (χ3v) is 2.56. The van der Waals surface area contributed by atoms with Crippen molar-refractivity contribution in [1.29, 1.82) is 0 Å². The molecule has 21 heavy (non-hydrogen) atoms. The van der Waals surface area contributed by atoms with Crippen molar-refractivity contribution in [3.05, 3.63) is 56.4 Å². The Labute approximate surface area is 116 Å². The molecule has 0 saturated carbocycles. The molecular weight excluding hydrogens is 284 g/mol. The molecule has 0 aliphatic carbocycles. The number of H-pyrrole nitrogens is 1. The van der Waals surface area contributed by atoms with Crippen molar-refractivity contribution in [3.63, 3.8) is 0 Å². The van der Waals surface area contributed by atoms with Crippen molar-refractivity contribution in [2.24, 2.45) is 0 Å². The second kappa shape index (κ2) is 5.28. The highest BCUT2D eigenvalue weighted by Gasteiger charge is 2.17. The molecule has 3 N–H and O–H groups in total. The molecule has 0 bridgehead atoms. The van der Waals surface area contributed by atoms with Crippen LogP contribution in [0.4, 0.5) is 17.1 Å². The van der Waals surface area contributed by atoms with Crippen LogP contribution in [0.5, 0.6) is 5.75 Å². The summed E-state index contributed by atoms with van der Waals surface area (Å²) in [4.78, 5) is 33.9. The van der Waals surface area contributed by atoms with Crippen molar-refractivity contribution in [1.82, 2.24) is 4.98 Å². The quantitative estimate of drug-likeness (QED) is 0.443. The molecule has 0 fully saturated rings.